The summed E-state index contributed by atoms with van der Waals surface area (Å²) in [6.45, 7) is 46.3. The van der Waals surface area contributed by atoms with Crippen LogP contribution in [-0.2, 0) is 40.7 Å². The summed E-state index contributed by atoms with van der Waals surface area (Å²) in [4.78, 5) is 0. The number of aromatic nitrogens is 6. The third kappa shape index (κ3) is 20.4. The second-order valence-electron chi connectivity index (χ2n) is 32.4. The van der Waals surface area contributed by atoms with E-state index < -0.39 is 44.2 Å². The predicted molar refractivity (Wildman–Crippen MR) is 454 cm³/mol. The molecule has 0 spiro atoms. The van der Waals surface area contributed by atoms with Crippen molar-refractivity contribution in [1.29, 1.82) is 0 Å². The molecule has 0 radical (unpaired) electrons. The Morgan fingerprint density at radius 2 is 0.717 bits per heavy atom. The van der Waals surface area contributed by atoms with Gasteiger partial charge in [0.1, 0.15) is 46.3 Å². The second kappa shape index (κ2) is 36.1. The van der Waals surface area contributed by atoms with Crippen LogP contribution in [0.4, 0.5) is 0 Å². The molecule has 11 aromatic rings. The summed E-state index contributed by atoms with van der Waals surface area (Å²) in [5.41, 5.74) is 30.7. The van der Waals surface area contributed by atoms with Gasteiger partial charge in [-0.25, -0.2) is 22.8 Å². The molecule has 6 heteroatoms. The monoisotopic (exact) mass is 1430 g/mol. The molecule has 5 aromatic heterocycles. The lowest BCUT2D eigenvalue weighted by molar-refractivity contribution is -0.661. The minimum atomic E-state index is -2.13. The van der Waals surface area contributed by atoms with Crippen LogP contribution in [0.3, 0.4) is 0 Å². The van der Waals surface area contributed by atoms with E-state index in [1.165, 1.54) is 72.6 Å². The van der Waals surface area contributed by atoms with Crippen molar-refractivity contribution < 1.29 is 39.3 Å². The molecule has 560 valence electrons. The van der Waals surface area contributed by atoms with Crippen molar-refractivity contribution in [2.45, 2.75) is 240 Å². The van der Waals surface area contributed by atoms with Gasteiger partial charge in [-0.05, 0) is 203 Å². The van der Waals surface area contributed by atoms with Gasteiger partial charge in [0.05, 0.1) is 12.6 Å². The van der Waals surface area contributed by atoms with E-state index in [1.807, 2.05) is 173 Å². The van der Waals surface area contributed by atoms with Crippen molar-refractivity contribution in [1.82, 2.24) is 4.57 Å². The first-order valence-corrected chi connectivity index (χ1v) is 37.8. The molecule has 6 nitrogen and oxygen atoms in total. The van der Waals surface area contributed by atoms with E-state index in [0.29, 0.717) is 34.4 Å². The highest BCUT2D eigenvalue weighted by Crippen LogP contribution is 2.37. The number of rotatable bonds is 13. The molecule has 0 saturated heterocycles. The predicted octanol–water partition coefficient (Wildman–Crippen LogP) is 24.2. The minimum absolute atomic E-state index is 0.189. The minimum Gasteiger partial charge on any atom is -0.232 e. The molecule has 6 aromatic carbocycles. The van der Waals surface area contributed by atoms with Gasteiger partial charge in [-0.15, -0.1) is 0 Å². The molecular weight excluding hydrogens is 1290 g/mol. The van der Waals surface area contributed by atoms with E-state index in [4.69, 9.17) is 16.4 Å². The summed E-state index contributed by atoms with van der Waals surface area (Å²) in [6, 6.07) is 46.8. The molecule has 0 unspecified atom stereocenters. The summed E-state index contributed by atoms with van der Waals surface area (Å²) in [5, 5.41) is 0. The Kier molecular flexibility index (Phi) is 23.1. The Bertz CT molecular complexity index is 5360. The Hall–Kier alpha value is -8.87. The highest BCUT2D eigenvalue weighted by Gasteiger charge is 2.29. The van der Waals surface area contributed by atoms with E-state index in [0.717, 1.165) is 78.5 Å². The van der Waals surface area contributed by atoms with Crippen LogP contribution >= 0.6 is 0 Å². The van der Waals surface area contributed by atoms with Crippen LogP contribution in [0.2, 0.25) is 0 Å². The number of benzene rings is 6. The van der Waals surface area contributed by atoms with Crippen molar-refractivity contribution in [2.75, 3.05) is 0 Å². The van der Waals surface area contributed by atoms with Gasteiger partial charge in [0, 0.05) is 96.3 Å². The summed E-state index contributed by atoms with van der Waals surface area (Å²) in [6.07, 6.45) is 12.4. The van der Waals surface area contributed by atoms with Crippen molar-refractivity contribution in [3.8, 4) is 62.1 Å². The molecule has 0 aliphatic rings. The number of para-hydroxylation sites is 1. The fourth-order valence-electron chi connectivity index (χ4n) is 14.4. The van der Waals surface area contributed by atoms with Crippen LogP contribution in [0.1, 0.15) is 281 Å². The Morgan fingerprint density at radius 1 is 0.330 bits per heavy atom. The van der Waals surface area contributed by atoms with E-state index in [2.05, 4.69) is 215 Å². The molecular formula is C100H135N6+5. The van der Waals surface area contributed by atoms with Gasteiger partial charge in [0.25, 0.3) is 5.82 Å². The molecule has 0 amide bonds. The maximum Gasteiger partial charge on any atom is 0.294 e. The highest BCUT2D eigenvalue weighted by atomic mass is 15.1. The molecule has 0 saturated carbocycles. The number of pyridine rings is 4. The quantitative estimate of drug-likeness (QED) is 0.103. The molecule has 106 heavy (non-hydrogen) atoms. The summed E-state index contributed by atoms with van der Waals surface area (Å²) >= 11 is 0. The average molecular weight is 1430 g/mol. The lowest BCUT2D eigenvalue weighted by atomic mass is 9.83. The zero-order valence-electron chi connectivity index (χ0n) is 82.2. The number of nitrogens with zero attached hydrogens (tertiary/aromatic N) is 6. The molecule has 0 N–H and O–H groups in total. The maximum atomic E-state index is 8.71. The summed E-state index contributed by atoms with van der Waals surface area (Å²) < 4.78 is 108. The van der Waals surface area contributed by atoms with Crippen LogP contribution in [-0.4, -0.2) is 4.57 Å². The van der Waals surface area contributed by atoms with Crippen LogP contribution in [0.15, 0.2) is 177 Å². The highest BCUT2D eigenvalue weighted by molar-refractivity contribution is 5.67. The van der Waals surface area contributed by atoms with Crippen molar-refractivity contribution >= 4 is 0 Å². The third-order valence-electron chi connectivity index (χ3n) is 20.3. The molecule has 11 rings (SSSR count). The normalized spacial score (nSPS) is 13.8. The third-order valence-corrected chi connectivity index (χ3v) is 20.3. The van der Waals surface area contributed by atoms with Gasteiger partial charge < -0.3 is 0 Å². The number of hydrogen-bond acceptors (Lipinski definition) is 0. The largest absolute Gasteiger partial charge is 0.294 e. The maximum absolute atomic E-state index is 8.71. The molecule has 0 atom stereocenters. The van der Waals surface area contributed by atoms with E-state index in [9.17, 15) is 0 Å². The fraction of sp³-hybridized carbons (Fsp3) is 0.410. The topological polar surface area (TPSA) is 24.3 Å². The second-order valence-corrected chi connectivity index (χ2v) is 32.4. The number of imidazole rings is 1. The van der Waals surface area contributed by atoms with Crippen molar-refractivity contribution in [3.05, 3.63) is 282 Å². The fourth-order valence-corrected chi connectivity index (χ4v) is 14.4. The van der Waals surface area contributed by atoms with Gasteiger partial charge in [-0.3, -0.25) is 0 Å². The van der Waals surface area contributed by atoms with Crippen LogP contribution in [0, 0.1) is 76.0 Å². The summed E-state index contributed by atoms with van der Waals surface area (Å²) in [5.74, 6) is -0.484. The zero-order valence-corrected chi connectivity index (χ0v) is 70.2. The average Bonchev–Trinajstić information content (AvgIpc) is 1.24. The van der Waals surface area contributed by atoms with Gasteiger partial charge in [-0.2, -0.15) is 4.57 Å². The standard InChI is InChI=1S/C23H29N2.2C20H28N.C19H26N.C18H24N/c1-16(2)19-12-9-13-20(17(3)4)22(19)25-15-14-24(6)23(25)21-11-8-7-10-18(21)5;2*1-13(2)18-11-20(21(7)12-19(18)14(3)4)17-9-8-15(5)10-16(17)6;1-13-8-9-16(14(2)10-13)18-11-17(19(4,5)6)15(3)12-20(18)7;1-12(2)17-11-19(6)18(10-15(17)5)16-8-7-13(3)9-14(16)4/h7-17H,1-6H3;2*8-14H,1-7H3;8-12H,1-7H3;7-12H,1-6H3/q5*+1/i16D,17D;5D3,13D,14D;;1D3,3D2;. The molecule has 0 bridgehead atoms. The lowest BCUT2D eigenvalue weighted by Gasteiger charge is -2.21. The molecule has 0 aliphatic carbocycles. The SMILES string of the molecule is Cc1ccc(-c2cc(C(C)C)c(C(C)C)c[n+]2C)c(C)c1.Cc1ccc(-c2cc(C)c(C(C)C)c[n+]2C)c(C)c1.[2H]C(C)(C)c1cccc(C([2H])(C)C)c1-n1cc[n+](C)c1-c1ccccc1C.[2H]C([2H])([2H])c1ccc(-c2cc(C([2H])(C)C)c(C([2H])(C)C)c[n+]2C)c(C)c1.[2H]C([2H])c1c[n+](C)c(-c2ccc(C([2H])([2H])[2H])cc2C)cc1C(C)(C)C. The first-order chi connectivity index (χ1) is 54.2. The molecule has 0 aliphatic heterocycles. The smallest absolute Gasteiger partial charge is 0.232 e. The number of aryl methyl sites for hydroxylation is 16. The van der Waals surface area contributed by atoms with E-state index >= 15 is 0 Å². The van der Waals surface area contributed by atoms with Gasteiger partial charge in [0.15, 0.2) is 24.8 Å². The molecule has 0 fully saturated rings. The lowest BCUT2D eigenvalue weighted by Crippen LogP contribution is -2.33. The van der Waals surface area contributed by atoms with Gasteiger partial charge in [0.2, 0.25) is 22.8 Å². The molecule has 5 heterocycles. The van der Waals surface area contributed by atoms with E-state index in [-0.39, 0.29) is 5.41 Å². The Labute approximate surface area is 660 Å². The zero-order chi connectivity index (χ0) is 89.1. The van der Waals surface area contributed by atoms with Crippen molar-refractivity contribution in [2.24, 2.45) is 35.2 Å². The first-order valence-electron chi connectivity index (χ1n) is 43.9. The van der Waals surface area contributed by atoms with Gasteiger partial charge in [-0.1, -0.05) is 225 Å². The van der Waals surface area contributed by atoms with Gasteiger partial charge >= 0.3 is 0 Å². The Morgan fingerprint density at radius 3 is 1.12 bits per heavy atom. The van der Waals surface area contributed by atoms with Crippen LogP contribution < -0.4 is 22.8 Å². The number of hydrogen-bond donors (Lipinski definition) is 0. The van der Waals surface area contributed by atoms with Crippen LogP contribution in [0.5, 0.6) is 0 Å². The summed E-state index contributed by atoms with van der Waals surface area (Å²) in [7, 11) is 10.1. The van der Waals surface area contributed by atoms with Crippen LogP contribution in [0.25, 0.3) is 62.1 Å². The van der Waals surface area contributed by atoms with Crippen molar-refractivity contribution in [3.63, 3.8) is 0 Å². The Balaban J connectivity index is 0.000000205. The van der Waals surface area contributed by atoms with E-state index in [1.54, 1.807) is 24.3 Å². The first kappa shape index (κ1) is 67.7.